The van der Waals surface area contributed by atoms with E-state index in [1.54, 1.807) is 22.7 Å². The third-order valence-corrected chi connectivity index (χ3v) is 5.82. The van der Waals surface area contributed by atoms with Gasteiger partial charge in [0.2, 0.25) is 0 Å². The third-order valence-electron chi connectivity index (χ3n) is 2.88. The van der Waals surface area contributed by atoms with Gasteiger partial charge >= 0.3 is 0 Å². The fraction of sp³-hybridized carbons (Fsp3) is 0. The molecule has 4 aromatic rings. The molecule has 0 bridgehead atoms. The molecule has 0 amide bonds. The SMILES string of the molecule is Nc1sc(-c2nc3ccccc3s2)nc1-c1cccs1. The van der Waals surface area contributed by atoms with Gasteiger partial charge in [-0.1, -0.05) is 29.5 Å². The van der Waals surface area contributed by atoms with Crippen LogP contribution in [0.25, 0.3) is 30.8 Å². The number of thiophene rings is 1. The maximum atomic E-state index is 6.10. The lowest BCUT2D eigenvalue weighted by Gasteiger charge is -1.90. The number of aromatic nitrogens is 2. The lowest BCUT2D eigenvalue weighted by molar-refractivity contribution is 1.39. The molecule has 0 unspecified atom stereocenters. The molecule has 4 rings (SSSR count). The van der Waals surface area contributed by atoms with Crippen molar-refractivity contribution in [1.29, 1.82) is 0 Å². The minimum atomic E-state index is 0.752. The summed E-state index contributed by atoms with van der Waals surface area (Å²) in [4.78, 5) is 10.4. The van der Waals surface area contributed by atoms with E-state index in [9.17, 15) is 0 Å². The van der Waals surface area contributed by atoms with Gasteiger partial charge in [-0.3, -0.25) is 0 Å². The fourth-order valence-corrected chi connectivity index (χ4v) is 4.60. The predicted octanol–water partition coefficient (Wildman–Crippen LogP) is 4.73. The van der Waals surface area contributed by atoms with Crippen LogP contribution in [0.15, 0.2) is 41.8 Å². The average molecular weight is 315 g/mol. The first-order valence-corrected chi connectivity index (χ1v) is 8.48. The molecule has 3 aromatic heterocycles. The highest BCUT2D eigenvalue weighted by atomic mass is 32.1. The molecule has 0 fully saturated rings. The van der Waals surface area contributed by atoms with Crippen molar-refractivity contribution in [3.63, 3.8) is 0 Å². The minimum absolute atomic E-state index is 0.752. The van der Waals surface area contributed by atoms with Crippen LogP contribution in [-0.4, -0.2) is 9.97 Å². The molecule has 0 atom stereocenters. The molecular formula is C14H9N3S3. The van der Waals surface area contributed by atoms with Gasteiger partial charge in [0.05, 0.1) is 15.1 Å². The van der Waals surface area contributed by atoms with Crippen molar-refractivity contribution in [3.05, 3.63) is 41.8 Å². The van der Waals surface area contributed by atoms with Crippen molar-refractivity contribution in [2.75, 3.05) is 5.73 Å². The van der Waals surface area contributed by atoms with Crippen molar-refractivity contribution >= 4 is 49.2 Å². The Morgan fingerprint density at radius 2 is 1.75 bits per heavy atom. The Hall–Kier alpha value is -1.76. The zero-order valence-corrected chi connectivity index (χ0v) is 12.7. The Labute approximate surface area is 127 Å². The first-order valence-electron chi connectivity index (χ1n) is 5.97. The van der Waals surface area contributed by atoms with Crippen LogP contribution in [0.4, 0.5) is 5.00 Å². The van der Waals surface area contributed by atoms with Crippen LogP contribution in [0.5, 0.6) is 0 Å². The lowest BCUT2D eigenvalue weighted by atomic mass is 10.3. The summed E-state index contributed by atoms with van der Waals surface area (Å²) in [6.45, 7) is 0. The van der Waals surface area contributed by atoms with Gasteiger partial charge < -0.3 is 5.73 Å². The number of benzene rings is 1. The number of fused-ring (bicyclic) bond motifs is 1. The maximum Gasteiger partial charge on any atom is 0.154 e. The molecule has 0 aliphatic heterocycles. The summed E-state index contributed by atoms with van der Waals surface area (Å²) in [5.41, 5.74) is 7.99. The monoisotopic (exact) mass is 315 g/mol. The normalized spacial score (nSPS) is 11.2. The Bertz CT molecular complexity index is 841. The second-order valence-corrected chi connectivity index (χ2v) is 7.20. The van der Waals surface area contributed by atoms with E-state index in [0.29, 0.717) is 0 Å². The summed E-state index contributed by atoms with van der Waals surface area (Å²) in [5.74, 6) is 0. The van der Waals surface area contributed by atoms with Gasteiger partial charge in [-0.2, -0.15) is 0 Å². The Kier molecular flexibility index (Phi) is 2.80. The van der Waals surface area contributed by atoms with Gasteiger partial charge in [-0.15, -0.1) is 22.7 Å². The number of para-hydroxylation sites is 1. The maximum absolute atomic E-state index is 6.10. The van der Waals surface area contributed by atoms with Gasteiger partial charge in [0.1, 0.15) is 10.7 Å². The van der Waals surface area contributed by atoms with Crippen molar-refractivity contribution in [2.45, 2.75) is 0 Å². The van der Waals surface area contributed by atoms with E-state index in [1.807, 2.05) is 35.7 Å². The first-order chi connectivity index (χ1) is 9.81. The molecule has 0 saturated heterocycles. The molecule has 3 nitrogen and oxygen atoms in total. The summed E-state index contributed by atoms with van der Waals surface area (Å²) in [6, 6.07) is 12.2. The van der Waals surface area contributed by atoms with E-state index in [4.69, 9.17) is 5.73 Å². The smallest absolute Gasteiger partial charge is 0.154 e. The predicted molar refractivity (Wildman–Crippen MR) is 88.5 cm³/mol. The molecule has 0 spiro atoms. The van der Waals surface area contributed by atoms with Crippen LogP contribution >= 0.6 is 34.0 Å². The van der Waals surface area contributed by atoms with Crippen LogP contribution in [-0.2, 0) is 0 Å². The number of hydrogen-bond donors (Lipinski definition) is 1. The highest BCUT2D eigenvalue weighted by Gasteiger charge is 2.15. The molecule has 2 N–H and O–H groups in total. The molecular weight excluding hydrogens is 306 g/mol. The molecule has 98 valence electrons. The Morgan fingerprint density at radius 1 is 0.900 bits per heavy atom. The zero-order valence-electron chi connectivity index (χ0n) is 10.2. The summed E-state index contributed by atoms with van der Waals surface area (Å²) >= 11 is 4.81. The first kappa shape index (κ1) is 12.0. The Balaban J connectivity index is 1.84. The van der Waals surface area contributed by atoms with Crippen LogP contribution in [0.2, 0.25) is 0 Å². The summed E-state index contributed by atoms with van der Waals surface area (Å²) < 4.78 is 1.17. The molecule has 0 saturated carbocycles. The van der Waals surface area contributed by atoms with Crippen molar-refractivity contribution < 1.29 is 0 Å². The van der Waals surface area contributed by atoms with E-state index < -0.39 is 0 Å². The topological polar surface area (TPSA) is 51.8 Å². The van der Waals surface area contributed by atoms with E-state index in [1.165, 1.54) is 16.0 Å². The number of thiazole rings is 2. The van der Waals surface area contributed by atoms with Crippen molar-refractivity contribution in [1.82, 2.24) is 9.97 Å². The number of nitrogen functional groups attached to an aromatic ring is 1. The second kappa shape index (κ2) is 4.66. The van der Waals surface area contributed by atoms with Crippen LogP contribution in [0.1, 0.15) is 0 Å². The van der Waals surface area contributed by atoms with Gasteiger partial charge in [-0.25, -0.2) is 9.97 Å². The quantitative estimate of drug-likeness (QED) is 0.582. The highest BCUT2D eigenvalue weighted by molar-refractivity contribution is 7.27. The number of anilines is 1. The van der Waals surface area contributed by atoms with Crippen molar-refractivity contribution in [3.8, 4) is 20.6 Å². The number of rotatable bonds is 2. The largest absolute Gasteiger partial charge is 0.389 e. The minimum Gasteiger partial charge on any atom is -0.389 e. The number of nitrogens with two attached hydrogens (primary N) is 1. The van der Waals surface area contributed by atoms with E-state index in [0.717, 1.165) is 31.1 Å². The van der Waals surface area contributed by atoms with Gasteiger partial charge in [0.15, 0.2) is 10.0 Å². The average Bonchev–Trinajstić information content (AvgIpc) is 3.16. The number of nitrogens with zero attached hydrogens (tertiary/aromatic N) is 2. The molecule has 6 heteroatoms. The van der Waals surface area contributed by atoms with Gasteiger partial charge in [0.25, 0.3) is 0 Å². The molecule has 1 aromatic carbocycles. The summed E-state index contributed by atoms with van der Waals surface area (Å²) in [6.07, 6.45) is 0. The van der Waals surface area contributed by atoms with E-state index >= 15 is 0 Å². The lowest BCUT2D eigenvalue weighted by Crippen LogP contribution is -1.82. The van der Waals surface area contributed by atoms with Gasteiger partial charge in [0, 0.05) is 0 Å². The molecule has 3 heterocycles. The second-order valence-electron chi connectivity index (χ2n) is 4.20. The highest BCUT2D eigenvalue weighted by Crippen LogP contribution is 2.39. The third kappa shape index (κ3) is 1.93. The summed E-state index contributed by atoms with van der Waals surface area (Å²) in [5, 5.41) is 4.62. The molecule has 20 heavy (non-hydrogen) atoms. The standard InChI is InChI=1S/C14H9N3S3/c15-12-11(10-6-3-7-18-10)17-14(20-12)13-16-8-4-1-2-5-9(8)19-13/h1-7H,15H2. The zero-order chi connectivity index (χ0) is 13.5. The molecule has 0 aliphatic rings. The number of hydrogen-bond acceptors (Lipinski definition) is 6. The summed E-state index contributed by atoms with van der Waals surface area (Å²) in [7, 11) is 0. The van der Waals surface area contributed by atoms with E-state index in [2.05, 4.69) is 16.0 Å². The van der Waals surface area contributed by atoms with Gasteiger partial charge in [-0.05, 0) is 23.6 Å². The fourth-order valence-electron chi connectivity index (χ4n) is 1.98. The van der Waals surface area contributed by atoms with Crippen molar-refractivity contribution in [2.24, 2.45) is 0 Å². The molecule has 0 aliphatic carbocycles. The van der Waals surface area contributed by atoms with Crippen LogP contribution in [0.3, 0.4) is 0 Å². The molecule has 0 radical (unpaired) electrons. The Morgan fingerprint density at radius 3 is 2.55 bits per heavy atom. The van der Waals surface area contributed by atoms with Crippen LogP contribution < -0.4 is 5.73 Å². The van der Waals surface area contributed by atoms with Crippen LogP contribution in [0, 0.1) is 0 Å². The van der Waals surface area contributed by atoms with E-state index in [-0.39, 0.29) is 0 Å².